The lowest BCUT2D eigenvalue weighted by atomic mass is 10.1. The molecule has 0 aliphatic heterocycles. The molecule has 3 rings (SSSR count). The number of carboxylic acids is 1. The lowest BCUT2D eigenvalue weighted by Gasteiger charge is -2.07. The molecule has 2 N–H and O–H groups in total. The summed E-state index contributed by atoms with van der Waals surface area (Å²) in [6, 6.07) is 6.47. The van der Waals surface area contributed by atoms with E-state index >= 15 is 0 Å². The molecule has 0 unspecified atom stereocenters. The number of hydrogen-bond donors (Lipinski definition) is 2. The van der Waals surface area contributed by atoms with Gasteiger partial charge in [0.2, 0.25) is 0 Å². The largest absolute Gasteiger partial charge is 0.496 e. The summed E-state index contributed by atoms with van der Waals surface area (Å²) >= 11 is 0. The maximum Gasteiger partial charge on any atom is 0.335 e. The fourth-order valence-corrected chi connectivity index (χ4v) is 2.00. The summed E-state index contributed by atoms with van der Waals surface area (Å²) in [5.74, 6) is 0.0716. The normalized spacial score (nSPS) is 10.7. The fourth-order valence-electron chi connectivity index (χ4n) is 2.00. The fraction of sp³-hybridized carbons (Fsp3) is 0.0714. The van der Waals surface area contributed by atoms with E-state index in [-0.39, 0.29) is 5.56 Å². The maximum atomic E-state index is 11.0. The first-order valence-electron chi connectivity index (χ1n) is 5.90. The van der Waals surface area contributed by atoms with Crippen molar-refractivity contribution in [3.63, 3.8) is 0 Å². The molecule has 1 aromatic carbocycles. The van der Waals surface area contributed by atoms with Gasteiger partial charge in [0.15, 0.2) is 0 Å². The van der Waals surface area contributed by atoms with Crippen LogP contribution in [0.15, 0.2) is 36.7 Å². The van der Waals surface area contributed by atoms with E-state index < -0.39 is 5.97 Å². The molecule has 20 heavy (non-hydrogen) atoms. The van der Waals surface area contributed by atoms with E-state index in [9.17, 15) is 4.79 Å². The highest BCUT2D eigenvalue weighted by atomic mass is 16.5. The second-order valence-electron chi connectivity index (χ2n) is 4.20. The number of benzene rings is 1. The SMILES string of the molecule is COc1cc(C(=O)O)ccc1-c1nc2ccncc2[nH]1. The monoisotopic (exact) mass is 269 g/mol. The molecule has 100 valence electrons. The first-order valence-corrected chi connectivity index (χ1v) is 5.90. The number of ether oxygens (including phenoxy) is 1. The highest BCUT2D eigenvalue weighted by Crippen LogP contribution is 2.30. The van der Waals surface area contributed by atoms with Crippen molar-refractivity contribution in [3.8, 4) is 17.1 Å². The predicted molar refractivity (Wildman–Crippen MR) is 72.8 cm³/mol. The Bertz CT molecular complexity index is 762. The minimum Gasteiger partial charge on any atom is -0.496 e. The van der Waals surface area contributed by atoms with Crippen LogP contribution in [0, 0.1) is 0 Å². The number of nitrogens with zero attached hydrogens (tertiary/aromatic N) is 2. The summed E-state index contributed by atoms with van der Waals surface area (Å²) in [6.45, 7) is 0. The van der Waals surface area contributed by atoms with Crippen molar-refractivity contribution in [1.82, 2.24) is 15.0 Å². The topological polar surface area (TPSA) is 88.1 Å². The van der Waals surface area contributed by atoms with Gasteiger partial charge < -0.3 is 14.8 Å². The van der Waals surface area contributed by atoms with Gasteiger partial charge in [0.05, 0.1) is 35.5 Å². The zero-order valence-corrected chi connectivity index (χ0v) is 10.6. The number of H-pyrrole nitrogens is 1. The van der Waals surface area contributed by atoms with Crippen LogP contribution in [-0.4, -0.2) is 33.1 Å². The quantitative estimate of drug-likeness (QED) is 0.761. The number of pyridine rings is 1. The molecule has 6 nitrogen and oxygen atoms in total. The van der Waals surface area contributed by atoms with Crippen molar-refractivity contribution in [2.45, 2.75) is 0 Å². The average molecular weight is 269 g/mol. The second kappa shape index (κ2) is 4.65. The van der Waals surface area contributed by atoms with Gasteiger partial charge in [-0.15, -0.1) is 0 Å². The molecular weight excluding hydrogens is 258 g/mol. The third-order valence-electron chi connectivity index (χ3n) is 2.99. The van der Waals surface area contributed by atoms with Crippen LogP contribution in [-0.2, 0) is 0 Å². The van der Waals surface area contributed by atoms with Crippen molar-refractivity contribution in [1.29, 1.82) is 0 Å². The van der Waals surface area contributed by atoms with Crippen LogP contribution < -0.4 is 4.74 Å². The van der Waals surface area contributed by atoms with Crippen molar-refractivity contribution in [3.05, 3.63) is 42.2 Å². The molecule has 2 heterocycles. The van der Waals surface area contributed by atoms with E-state index in [0.29, 0.717) is 17.1 Å². The molecule has 0 spiro atoms. The minimum absolute atomic E-state index is 0.170. The number of carboxylic acid groups (broad SMARTS) is 1. The van der Waals surface area contributed by atoms with Gasteiger partial charge in [-0.2, -0.15) is 0 Å². The molecule has 0 amide bonds. The maximum absolute atomic E-state index is 11.0. The number of methoxy groups -OCH3 is 1. The molecule has 6 heteroatoms. The molecule has 0 aliphatic rings. The highest BCUT2D eigenvalue weighted by molar-refractivity contribution is 5.90. The third kappa shape index (κ3) is 1.97. The lowest BCUT2D eigenvalue weighted by molar-refractivity contribution is 0.0696. The smallest absolute Gasteiger partial charge is 0.335 e. The van der Waals surface area contributed by atoms with Gasteiger partial charge in [0.1, 0.15) is 11.6 Å². The number of aromatic nitrogens is 3. The Morgan fingerprint density at radius 2 is 2.20 bits per heavy atom. The average Bonchev–Trinajstić information content (AvgIpc) is 2.90. The van der Waals surface area contributed by atoms with E-state index in [1.807, 2.05) is 0 Å². The van der Waals surface area contributed by atoms with Crippen molar-refractivity contribution in [2.24, 2.45) is 0 Å². The molecular formula is C14H11N3O3. The van der Waals surface area contributed by atoms with Crippen LogP contribution in [0.1, 0.15) is 10.4 Å². The van der Waals surface area contributed by atoms with Gasteiger partial charge >= 0.3 is 5.97 Å². The summed E-state index contributed by atoms with van der Waals surface area (Å²) < 4.78 is 5.25. The van der Waals surface area contributed by atoms with Crippen LogP contribution in [0.2, 0.25) is 0 Å². The summed E-state index contributed by atoms with van der Waals surface area (Å²) in [7, 11) is 1.49. The number of aromatic carboxylic acids is 1. The molecule has 0 atom stereocenters. The molecule has 3 aromatic rings. The van der Waals surface area contributed by atoms with E-state index in [0.717, 1.165) is 11.0 Å². The molecule has 0 saturated heterocycles. The molecule has 0 saturated carbocycles. The van der Waals surface area contributed by atoms with Crippen molar-refractivity contribution >= 4 is 17.0 Å². The molecule has 0 aliphatic carbocycles. The Hall–Kier alpha value is -2.89. The highest BCUT2D eigenvalue weighted by Gasteiger charge is 2.13. The minimum atomic E-state index is -0.997. The van der Waals surface area contributed by atoms with Gasteiger partial charge in [-0.25, -0.2) is 9.78 Å². The molecule has 0 fully saturated rings. The van der Waals surface area contributed by atoms with Crippen molar-refractivity contribution in [2.75, 3.05) is 7.11 Å². The third-order valence-corrected chi connectivity index (χ3v) is 2.99. The van der Waals surface area contributed by atoms with Crippen LogP contribution >= 0.6 is 0 Å². The van der Waals surface area contributed by atoms with E-state index in [1.54, 1.807) is 24.5 Å². The number of fused-ring (bicyclic) bond motifs is 1. The van der Waals surface area contributed by atoms with Crippen LogP contribution in [0.25, 0.3) is 22.4 Å². The number of rotatable bonds is 3. The standard InChI is InChI=1S/C14H11N3O3/c1-20-12-6-8(14(18)19)2-3-9(12)13-16-10-4-5-15-7-11(10)17-13/h2-7H,1H3,(H,16,17)(H,18,19). The number of aromatic amines is 1. The van der Waals surface area contributed by atoms with Gasteiger partial charge in [0, 0.05) is 6.20 Å². The van der Waals surface area contributed by atoms with Gasteiger partial charge in [-0.1, -0.05) is 0 Å². The number of imidazole rings is 1. The Labute approximate surface area is 114 Å². The van der Waals surface area contributed by atoms with Crippen LogP contribution in [0.4, 0.5) is 0 Å². The Balaban J connectivity index is 2.15. The zero-order valence-electron chi connectivity index (χ0n) is 10.6. The first kappa shape index (κ1) is 12.2. The first-order chi connectivity index (χ1) is 9.69. The summed E-state index contributed by atoms with van der Waals surface area (Å²) in [4.78, 5) is 22.6. The van der Waals surface area contributed by atoms with Gasteiger partial charge in [-0.3, -0.25) is 4.98 Å². The van der Waals surface area contributed by atoms with Crippen LogP contribution in [0.3, 0.4) is 0 Å². The Kier molecular flexibility index (Phi) is 2.83. The zero-order chi connectivity index (χ0) is 14.1. The van der Waals surface area contributed by atoms with Crippen LogP contribution in [0.5, 0.6) is 5.75 Å². The number of nitrogens with one attached hydrogen (secondary N) is 1. The summed E-state index contributed by atoms with van der Waals surface area (Å²) in [5.41, 5.74) is 2.48. The van der Waals surface area contributed by atoms with E-state index in [1.165, 1.54) is 19.2 Å². The molecule has 2 aromatic heterocycles. The Morgan fingerprint density at radius 1 is 1.35 bits per heavy atom. The van der Waals surface area contributed by atoms with E-state index in [4.69, 9.17) is 9.84 Å². The number of carbonyl (C=O) groups is 1. The van der Waals surface area contributed by atoms with E-state index in [2.05, 4.69) is 15.0 Å². The summed E-state index contributed by atoms with van der Waals surface area (Å²) in [5, 5.41) is 8.99. The van der Waals surface area contributed by atoms with Gasteiger partial charge in [-0.05, 0) is 24.3 Å². The summed E-state index contributed by atoms with van der Waals surface area (Å²) in [6.07, 6.45) is 3.35. The molecule has 0 bridgehead atoms. The van der Waals surface area contributed by atoms with Crippen molar-refractivity contribution < 1.29 is 14.6 Å². The van der Waals surface area contributed by atoms with Gasteiger partial charge in [0.25, 0.3) is 0 Å². The lowest BCUT2D eigenvalue weighted by Crippen LogP contribution is -1.98. The second-order valence-corrected chi connectivity index (χ2v) is 4.20. The Morgan fingerprint density at radius 3 is 2.90 bits per heavy atom. The molecule has 0 radical (unpaired) electrons. The predicted octanol–water partition coefficient (Wildman–Crippen LogP) is 2.33. The number of hydrogen-bond acceptors (Lipinski definition) is 4.